The number of benzene rings is 1. The van der Waals surface area contributed by atoms with Crippen LogP contribution in [0.15, 0.2) is 59.7 Å². The van der Waals surface area contributed by atoms with Crippen LogP contribution < -0.4 is 32.3 Å². The summed E-state index contributed by atoms with van der Waals surface area (Å²) < 4.78 is 11.3. The highest BCUT2D eigenvalue weighted by molar-refractivity contribution is 5.79. The Morgan fingerprint density at radius 1 is 1.07 bits per heavy atom. The molecule has 0 radical (unpaired) electrons. The molecule has 1 aliphatic heterocycles. The van der Waals surface area contributed by atoms with Crippen LogP contribution in [0.1, 0.15) is 25.3 Å². The number of rotatable bonds is 7. The van der Waals surface area contributed by atoms with Gasteiger partial charge in [0.2, 0.25) is 6.29 Å². The van der Waals surface area contributed by atoms with E-state index >= 15 is 0 Å². The van der Waals surface area contributed by atoms with Gasteiger partial charge in [-0.15, -0.1) is 15.3 Å². The van der Waals surface area contributed by atoms with Crippen molar-refractivity contribution >= 4 is 11.9 Å². The second kappa shape index (κ2) is 9.07. The van der Waals surface area contributed by atoms with Crippen molar-refractivity contribution in [3.05, 3.63) is 29.3 Å². The standard InChI is InChI=1S/C14H21N11O2/c1-7(2)8-4-11(26-3)9(20-23-15)5-10(8)27-12-6-18-14(22-25-17)19-13(12)21-24-16/h4-7,14,19H,1-3H3,(H2,15,20)(H2,16,21)(H2,17,22). The van der Waals surface area contributed by atoms with Crippen LogP contribution in [0.5, 0.6) is 11.5 Å². The predicted octanol–water partition coefficient (Wildman–Crippen LogP) is 1.93. The van der Waals surface area contributed by atoms with E-state index in [2.05, 4.69) is 41.3 Å². The van der Waals surface area contributed by atoms with E-state index in [-0.39, 0.29) is 17.5 Å². The number of nitrogens with zero attached hydrogens (tertiary/aromatic N) is 7. The molecule has 13 nitrogen and oxygen atoms in total. The van der Waals surface area contributed by atoms with E-state index in [9.17, 15) is 0 Å². The van der Waals surface area contributed by atoms with Crippen molar-refractivity contribution in [2.45, 2.75) is 26.1 Å². The molecule has 7 N–H and O–H groups in total. The first-order valence-electron chi connectivity index (χ1n) is 7.79. The van der Waals surface area contributed by atoms with Crippen LogP contribution in [0, 0.1) is 0 Å². The van der Waals surface area contributed by atoms with Crippen molar-refractivity contribution in [2.24, 2.45) is 53.5 Å². The Hall–Kier alpha value is -3.77. The van der Waals surface area contributed by atoms with E-state index in [0.717, 1.165) is 5.56 Å². The molecule has 144 valence electrons. The lowest BCUT2D eigenvalue weighted by molar-refractivity contribution is 0.404. The second-order valence-electron chi connectivity index (χ2n) is 5.49. The Bertz CT molecular complexity index is 814. The van der Waals surface area contributed by atoms with Gasteiger partial charge in [-0.05, 0) is 12.0 Å². The third-order valence-electron chi connectivity index (χ3n) is 3.48. The van der Waals surface area contributed by atoms with Gasteiger partial charge in [-0.2, -0.15) is 0 Å². The van der Waals surface area contributed by atoms with Gasteiger partial charge in [-0.3, -0.25) is 0 Å². The first-order valence-corrected chi connectivity index (χ1v) is 7.79. The van der Waals surface area contributed by atoms with Gasteiger partial charge in [-0.1, -0.05) is 29.5 Å². The first-order chi connectivity index (χ1) is 13.0. The van der Waals surface area contributed by atoms with Gasteiger partial charge in [-0.25, -0.2) is 4.99 Å². The molecule has 0 amide bonds. The maximum Gasteiger partial charge on any atom is 0.236 e. The summed E-state index contributed by atoms with van der Waals surface area (Å²) in [5.41, 5.74) is 1.26. The summed E-state index contributed by atoms with van der Waals surface area (Å²) in [5.74, 6) is 17.0. The largest absolute Gasteiger partial charge is 0.494 e. The fraction of sp³-hybridized carbons (Fsp3) is 0.357. The second-order valence-corrected chi connectivity index (χ2v) is 5.49. The zero-order valence-electron chi connectivity index (χ0n) is 15.1. The molecule has 0 saturated heterocycles. The van der Waals surface area contributed by atoms with Crippen LogP contribution in [0.2, 0.25) is 0 Å². The number of aliphatic imine (C=N–C) groups is 1. The lowest BCUT2D eigenvalue weighted by atomic mass is 10.0. The van der Waals surface area contributed by atoms with Crippen LogP contribution in [0.4, 0.5) is 5.69 Å². The Morgan fingerprint density at radius 3 is 2.41 bits per heavy atom. The Morgan fingerprint density at radius 2 is 1.81 bits per heavy atom. The summed E-state index contributed by atoms with van der Waals surface area (Å²) in [6, 6.07) is 3.45. The summed E-state index contributed by atoms with van der Waals surface area (Å²) in [7, 11) is 1.53. The quantitative estimate of drug-likeness (QED) is 0.319. The topological polar surface area (TPSA) is 195 Å². The molecule has 27 heavy (non-hydrogen) atoms. The molecule has 0 fully saturated rings. The van der Waals surface area contributed by atoms with Crippen LogP contribution >= 0.6 is 0 Å². The molecule has 1 aliphatic rings. The van der Waals surface area contributed by atoms with Crippen molar-refractivity contribution in [3.8, 4) is 11.5 Å². The maximum absolute atomic E-state index is 5.98. The number of allylic oxidation sites excluding steroid dienone is 1. The van der Waals surface area contributed by atoms with Crippen molar-refractivity contribution in [1.82, 2.24) is 5.32 Å². The molecule has 1 heterocycles. The van der Waals surface area contributed by atoms with E-state index in [1.54, 1.807) is 12.1 Å². The van der Waals surface area contributed by atoms with Gasteiger partial charge >= 0.3 is 0 Å². The average molecular weight is 375 g/mol. The number of methoxy groups -OCH3 is 1. The van der Waals surface area contributed by atoms with Crippen molar-refractivity contribution in [1.29, 1.82) is 0 Å². The summed E-state index contributed by atoms with van der Waals surface area (Å²) in [4.78, 5) is 4.11. The minimum absolute atomic E-state index is 0.116. The molecule has 0 aliphatic carbocycles. The van der Waals surface area contributed by atoms with Gasteiger partial charge < -0.3 is 32.3 Å². The van der Waals surface area contributed by atoms with E-state index < -0.39 is 6.29 Å². The Kier molecular flexibility index (Phi) is 6.57. The molecule has 0 bridgehead atoms. The SMILES string of the molecule is COc1cc(C(C)C)c(OC2=C(N=NN)NC(N=NN)N=C2)cc1N=NN. The number of hydrogen-bond acceptors (Lipinski definition) is 10. The summed E-state index contributed by atoms with van der Waals surface area (Å²) >= 11 is 0. The monoisotopic (exact) mass is 375 g/mol. The summed E-state index contributed by atoms with van der Waals surface area (Å²) in [6.07, 6.45) is 0.656. The van der Waals surface area contributed by atoms with Crippen molar-refractivity contribution < 1.29 is 9.47 Å². The number of nitrogens with two attached hydrogens (primary N) is 3. The van der Waals surface area contributed by atoms with Gasteiger partial charge in [0.05, 0.1) is 13.3 Å². The lowest BCUT2D eigenvalue weighted by Crippen LogP contribution is -2.30. The molecule has 1 aromatic carbocycles. The summed E-state index contributed by atoms with van der Waals surface area (Å²) in [6.45, 7) is 4.01. The minimum Gasteiger partial charge on any atom is -0.494 e. The van der Waals surface area contributed by atoms with Crippen LogP contribution in [0.3, 0.4) is 0 Å². The van der Waals surface area contributed by atoms with E-state index in [1.807, 2.05) is 13.8 Å². The smallest absolute Gasteiger partial charge is 0.236 e. The molecular formula is C14H21N11O2. The van der Waals surface area contributed by atoms with E-state index in [1.165, 1.54) is 13.3 Å². The highest BCUT2D eigenvalue weighted by Crippen LogP contribution is 2.39. The molecule has 0 spiro atoms. The van der Waals surface area contributed by atoms with Crippen LogP contribution in [0.25, 0.3) is 0 Å². The predicted molar refractivity (Wildman–Crippen MR) is 96.9 cm³/mol. The zero-order valence-corrected chi connectivity index (χ0v) is 15.1. The van der Waals surface area contributed by atoms with Gasteiger partial charge in [0.25, 0.3) is 0 Å². The molecule has 1 unspecified atom stereocenters. The van der Waals surface area contributed by atoms with Crippen LogP contribution in [-0.4, -0.2) is 19.6 Å². The zero-order chi connectivity index (χ0) is 19.8. The van der Waals surface area contributed by atoms with Crippen molar-refractivity contribution in [3.63, 3.8) is 0 Å². The molecule has 0 saturated carbocycles. The highest BCUT2D eigenvalue weighted by Gasteiger charge is 2.21. The Labute approximate surface area is 155 Å². The highest BCUT2D eigenvalue weighted by atomic mass is 16.5. The average Bonchev–Trinajstić information content (AvgIpc) is 2.64. The van der Waals surface area contributed by atoms with E-state index in [0.29, 0.717) is 17.2 Å². The number of hydrogen-bond donors (Lipinski definition) is 4. The molecule has 0 aromatic heterocycles. The first kappa shape index (κ1) is 19.6. The summed E-state index contributed by atoms with van der Waals surface area (Å²) in [5, 5.41) is 23.9. The number of ether oxygens (including phenoxy) is 2. The minimum atomic E-state index is -0.759. The normalized spacial score (nSPS) is 17.4. The molecule has 1 atom stereocenters. The molecule has 13 heteroatoms. The third kappa shape index (κ3) is 4.65. The third-order valence-corrected chi connectivity index (χ3v) is 3.48. The fourth-order valence-corrected chi connectivity index (χ4v) is 2.29. The fourth-order valence-electron chi connectivity index (χ4n) is 2.29. The van der Waals surface area contributed by atoms with Crippen LogP contribution in [-0.2, 0) is 0 Å². The number of nitrogens with one attached hydrogen (secondary N) is 1. The lowest BCUT2D eigenvalue weighted by Gasteiger charge is -2.20. The van der Waals surface area contributed by atoms with Gasteiger partial charge in [0, 0.05) is 11.6 Å². The van der Waals surface area contributed by atoms with E-state index in [4.69, 9.17) is 27.0 Å². The van der Waals surface area contributed by atoms with Gasteiger partial charge in [0.1, 0.15) is 17.2 Å². The molecular weight excluding hydrogens is 354 g/mol. The van der Waals surface area contributed by atoms with Gasteiger partial charge in [0.15, 0.2) is 11.6 Å². The van der Waals surface area contributed by atoms with Crippen molar-refractivity contribution in [2.75, 3.05) is 7.11 Å². The molecule has 1 aromatic rings. The Balaban J connectivity index is 2.49. The molecule has 2 rings (SSSR count). The maximum atomic E-state index is 5.98.